The maximum absolute atomic E-state index is 6.51. The molecule has 86 valence electrons. The minimum absolute atomic E-state index is 0.00746. The molecule has 0 aromatic heterocycles. The second-order valence-electron chi connectivity index (χ2n) is 5.55. The molecule has 1 fully saturated rings. The normalized spacial score (nSPS) is 23.1. The molecule has 0 amide bonds. The van der Waals surface area contributed by atoms with Crippen molar-refractivity contribution in [3.05, 3.63) is 34.9 Å². The van der Waals surface area contributed by atoms with E-state index in [0.717, 1.165) is 0 Å². The van der Waals surface area contributed by atoms with Gasteiger partial charge in [0.05, 0.1) is 0 Å². The molecule has 0 unspecified atom stereocenters. The summed E-state index contributed by atoms with van der Waals surface area (Å²) in [5.41, 5.74) is 11.0. The lowest BCUT2D eigenvalue weighted by Gasteiger charge is -2.26. The molecule has 0 saturated heterocycles. The van der Waals surface area contributed by atoms with Gasteiger partial charge in [0, 0.05) is 5.54 Å². The van der Waals surface area contributed by atoms with Crippen LogP contribution >= 0.6 is 0 Å². The van der Waals surface area contributed by atoms with E-state index in [2.05, 4.69) is 18.2 Å². The third-order valence-electron chi connectivity index (χ3n) is 4.42. The zero-order valence-electron chi connectivity index (χ0n) is 9.97. The average molecular weight is 215 g/mol. The van der Waals surface area contributed by atoms with Gasteiger partial charge in [0.1, 0.15) is 0 Å². The van der Waals surface area contributed by atoms with Crippen molar-refractivity contribution in [1.29, 1.82) is 0 Å². The highest BCUT2D eigenvalue weighted by Crippen LogP contribution is 2.37. The molecule has 0 spiro atoms. The fourth-order valence-corrected chi connectivity index (χ4v) is 3.34. The lowest BCUT2D eigenvalue weighted by atomic mass is 9.84. The van der Waals surface area contributed by atoms with Crippen LogP contribution in [0.5, 0.6) is 0 Å². The predicted molar refractivity (Wildman–Crippen MR) is 67.4 cm³/mol. The molecule has 3 rings (SSSR count). The molecule has 0 radical (unpaired) electrons. The van der Waals surface area contributed by atoms with E-state index in [9.17, 15) is 0 Å². The molecule has 2 aliphatic rings. The van der Waals surface area contributed by atoms with Crippen LogP contribution in [0.3, 0.4) is 0 Å². The molecule has 2 aliphatic carbocycles. The van der Waals surface area contributed by atoms with Gasteiger partial charge >= 0.3 is 0 Å². The largest absolute Gasteiger partial charge is 0.321 e. The Balaban J connectivity index is 1.96. The van der Waals surface area contributed by atoms with Crippen LogP contribution in [-0.4, -0.2) is 0 Å². The predicted octanol–water partition coefficient (Wildman–Crippen LogP) is 3.29. The summed E-state index contributed by atoms with van der Waals surface area (Å²) in [5.74, 6) is 0. The Hall–Kier alpha value is -0.820. The van der Waals surface area contributed by atoms with Crippen molar-refractivity contribution in [2.24, 2.45) is 5.73 Å². The van der Waals surface area contributed by atoms with Gasteiger partial charge in [-0.15, -0.1) is 0 Å². The zero-order chi connectivity index (χ0) is 11.0. The maximum Gasteiger partial charge on any atom is 0.0409 e. The van der Waals surface area contributed by atoms with E-state index in [1.165, 1.54) is 56.9 Å². The van der Waals surface area contributed by atoms with E-state index < -0.39 is 0 Å². The SMILES string of the molecule is NC1(c2ccc3c(c2)CCCC3)CCCC1. The van der Waals surface area contributed by atoms with Crippen molar-refractivity contribution in [1.82, 2.24) is 0 Å². The van der Waals surface area contributed by atoms with Crippen LogP contribution in [0.15, 0.2) is 18.2 Å². The molecular formula is C15H21N. The average Bonchev–Trinajstić information content (AvgIpc) is 2.77. The van der Waals surface area contributed by atoms with Crippen LogP contribution in [0.25, 0.3) is 0 Å². The van der Waals surface area contributed by atoms with E-state index in [-0.39, 0.29) is 5.54 Å². The van der Waals surface area contributed by atoms with Crippen molar-refractivity contribution in [3.8, 4) is 0 Å². The third kappa shape index (κ3) is 1.67. The van der Waals surface area contributed by atoms with Crippen LogP contribution in [0.4, 0.5) is 0 Å². The fraction of sp³-hybridized carbons (Fsp3) is 0.600. The highest BCUT2D eigenvalue weighted by atomic mass is 14.8. The molecular weight excluding hydrogens is 194 g/mol. The minimum Gasteiger partial charge on any atom is -0.321 e. The zero-order valence-corrected chi connectivity index (χ0v) is 9.97. The van der Waals surface area contributed by atoms with Crippen molar-refractivity contribution >= 4 is 0 Å². The summed E-state index contributed by atoms with van der Waals surface area (Å²) in [7, 11) is 0. The van der Waals surface area contributed by atoms with Crippen molar-refractivity contribution in [2.45, 2.75) is 56.9 Å². The van der Waals surface area contributed by atoms with Crippen molar-refractivity contribution in [3.63, 3.8) is 0 Å². The quantitative estimate of drug-likeness (QED) is 0.764. The van der Waals surface area contributed by atoms with Gasteiger partial charge in [-0.25, -0.2) is 0 Å². The number of nitrogens with two attached hydrogens (primary N) is 1. The molecule has 0 aliphatic heterocycles. The number of hydrogen-bond acceptors (Lipinski definition) is 1. The van der Waals surface area contributed by atoms with Gasteiger partial charge in [-0.2, -0.15) is 0 Å². The van der Waals surface area contributed by atoms with Crippen molar-refractivity contribution < 1.29 is 0 Å². The summed E-state index contributed by atoms with van der Waals surface area (Å²) in [5, 5.41) is 0. The number of fused-ring (bicyclic) bond motifs is 1. The van der Waals surface area contributed by atoms with E-state index in [4.69, 9.17) is 5.73 Å². The van der Waals surface area contributed by atoms with E-state index in [0.29, 0.717) is 0 Å². The Morgan fingerprint density at radius 1 is 0.875 bits per heavy atom. The number of hydrogen-bond donors (Lipinski definition) is 1. The molecule has 1 nitrogen and oxygen atoms in total. The lowest BCUT2D eigenvalue weighted by molar-refractivity contribution is 0.460. The molecule has 16 heavy (non-hydrogen) atoms. The van der Waals surface area contributed by atoms with Gasteiger partial charge in [-0.05, 0) is 55.2 Å². The van der Waals surface area contributed by atoms with Crippen LogP contribution < -0.4 is 5.73 Å². The smallest absolute Gasteiger partial charge is 0.0409 e. The monoisotopic (exact) mass is 215 g/mol. The molecule has 0 heterocycles. The first-order valence-corrected chi connectivity index (χ1v) is 6.69. The van der Waals surface area contributed by atoms with Gasteiger partial charge in [-0.1, -0.05) is 31.0 Å². The van der Waals surface area contributed by atoms with Crippen LogP contribution in [0, 0.1) is 0 Å². The molecule has 1 saturated carbocycles. The lowest BCUT2D eigenvalue weighted by Crippen LogP contribution is -2.33. The minimum atomic E-state index is -0.00746. The van der Waals surface area contributed by atoms with Gasteiger partial charge in [0.15, 0.2) is 0 Å². The van der Waals surface area contributed by atoms with Crippen LogP contribution in [0.2, 0.25) is 0 Å². The van der Waals surface area contributed by atoms with E-state index in [1.807, 2.05) is 0 Å². The van der Waals surface area contributed by atoms with Crippen LogP contribution in [0.1, 0.15) is 55.2 Å². The van der Waals surface area contributed by atoms with Gasteiger partial charge in [0.2, 0.25) is 0 Å². The first kappa shape index (κ1) is 10.3. The summed E-state index contributed by atoms with van der Waals surface area (Å²) in [6, 6.07) is 7.02. The molecule has 1 heteroatoms. The summed E-state index contributed by atoms with van der Waals surface area (Å²) in [4.78, 5) is 0. The summed E-state index contributed by atoms with van der Waals surface area (Å²) >= 11 is 0. The number of aryl methyl sites for hydroxylation is 2. The second-order valence-corrected chi connectivity index (χ2v) is 5.55. The molecule has 1 aromatic carbocycles. The first-order valence-electron chi connectivity index (χ1n) is 6.69. The van der Waals surface area contributed by atoms with Crippen molar-refractivity contribution in [2.75, 3.05) is 0 Å². The third-order valence-corrected chi connectivity index (χ3v) is 4.42. The Morgan fingerprint density at radius 3 is 2.31 bits per heavy atom. The molecule has 0 atom stereocenters. The fourth-order valence-electron chi connectivity index (χ4n) is 3.34. The summed E-state index contributed by atoms with van der Waals surface area (Å²) in [6.07, 6.45) is 10.2. The van der Waals surface area contributed by atoms with Gasteiger partial charge in [-0.3, -0.25) is 0 Å². The summed E-state index contributed by atoms with van der Waals surface area (Å²) < 4.78 is 0. The van der Waals surface area contributed by atoms with Crippen LogP contribution in [-0.2, 0) is 18.4 Å². The molecule has 1 aromatic rings. The standard InChI is InChI=1S/C15H21N/c16-15(9-3-4-10-15)14-8-7-12-5-1-2-6-13(12)11-14/h7-8,11H,1-6,9-10,16H2. The molecule has 0 bridgehead atoms. The number of benzene rings is 1. The highest BCUT2D eigenvalue weighted by molar-refractivity contribution is 5.37. The Labute approximate surface area is 98.0 Å². The van der Waals surface area contributed by atoms with E-state index in [1.54, 1.807) is 11.1 Å². The Kier molecular flexibility index (Phi) is 2.51. The maximum atomic E-state index is 6.51. The van der Waals surface area contributed by atoms with Gasteiger partial charge in [0.25, 0.3) is 0 Å². The topological polar surface area (TPSA) is 26.0 Å². The summed E-state index contributed by atoms with van der Waals surface area (Å²) in [6.45, 7) is 0. The Morgan fingerprint density at radius 2 is 1.56 bits per heavy atom. The van der Waals surface area contributed by atoms with E-state index >= 15 is 0 Å². The van der Waals surface area contributed by atoms with Gasteiger partial charge < -0.3 is 5.73 Å². The Bertz CT molecular complexity index is 388. The second kappa shape index (κ2) is 3.89. The highest BCUT2D eigenvalue weighted by Gasteiger charge is 2.31. The first-order chi connectivity index (χ1) is 7.78. The number of rotatable bonds is 1. The molecule has 2 N–H and O–H groups in total.